The number of halogens is 6. The first-order valence-corrected chi connectivity index (χ1v) is 17.1. The van der Waals surface area contributed by atoms with Gasteiger partial charge in [-0.1, -0.05) is 40.5 Å². The smallest absolute Gasteiger partial charge is 0.374 e. The fourth-order valence-electron chi connectivity index (χ4n) is 4.80. The number of fused-ring (bicyclic) bond motifs is 2. The number of nitrogens with zero attached hydrogens (tertiary/aromatic N) is 2. The highest BCUT2D eigenvalue weighted by molar-refractivity contribution is 7.91. The number of carbonyl (C=O) groups is 1. The van der Waals surface area contributed by atoms with Gasteiger partial charge in [0.05, 0.1) is 35.5 Å². The van der Waals surface area contributed by atoms with Crippen molar-refractivity contribution in [3.05, 3.63) is 68.4 Å². The van der Waals surface area contributed by atoms with Gasteiger partial charge in [-0.15, -0.1) is 0 Å². The van der Waals surface area contributed by atoms with E-state index >= 15 is 0 Å². The van der Waals surface area contributed by atoms with Crippen molar-refractivity contribution in [1.29, 1.82) is 0 Å². The quantitative estimate of drug-likeness (QED) is 0.355. The molecule has 230 valence electrons. The lowest BCUT2D eigenvalue weighted by molar-refractivity contribution is -0.275. The number of rotatable bonds is 4. The van der Waals surface area contributed by atoms with E-state index in [2.05, 4.69) is 5.16 Å². The Bertz CT molecular complexity index is 1660. The Morgan fingerprint density at radius 3 is 2.14 bits per heavy atom. The van der Waals surface area contributed by atoms with E-state index in [1.807, 2.05) is 0 Å². The van der Waals surface area contributed by atoms with Crippen LogP contribution in [-0.4, -0.2) is 77.1 Å². The normalized spacial score (nSPS) is 21.2. The van der Waals surface area contributed by atoms with Crippen LogP contribution < -0.4 is 0 Å². The van der Waals surface area contributed by atoms with Crippen molar-refractivity contribution >= 4 is 54.5 Å². The maximum atomic E-state index is 14.3. The second-order valence-corrected chi connectivity index (χ2v) is 15.7. The summed E-state index contributed by atoms with van der Waals surface area (Å²) in [7, 11) is -6.14. The van der Waals surface area contributed by atoms with E-state index in [9.17, 15) is 39.2 Å². The molecule has 3 aliphatic heterocycles. The summed E-state index contributed by atoms with van der Waals surface area (Å²) in [6.45, 7) is 0.487. The molecule has 2 aromatic rings. The van der Waals surface area contributed by atoms with E-state index in [0.717, 1.165) is 36.5 Å². The largest absolute Gasteiger partial charge is 0.435 e. The van der Waals surface area contributed by atoms with Crippen molar-refractivity contribution in [3.63, 3.8) is 0 Å². The Morgan fingerprint density at radius 1 is 1.05 bits per heavy atom. The molecule has 3 aliphatic rings. The van der Waals surface area contributed by atoms with Crippen molar-refractivity contribution in [2.75, 3.05) is 37.6 Å². The van der Waals surface area contributed by atoms with E-state index in [1.165, 1.54) is 4.90 Å². The van der Waals surface area contributed by atoms with Crippen molar-refractivity contribution in [2.24, 2.45) is 5.16 Å². The Morgan fingerprint density at radius 2 is 1.62 bits per heavy atom. The van der Waals surface area contributed by atoms with E-state index in [4.69, 9.17) is 32.8 Å². The molecule has 5 rings (SSSR count). The van der Waals surface area contributed by atoms with Crippen LogP contribution in [0.2, 0.25) is 10.0 Å². The summed E-state index contributed by atoms with van der Waals surface area (Å²) in [4.78, 5) is 18.5. The number of hydrogen-bond acceptors (Lipinski definition) is 8. The second-order valence-electron chi connectivity index (χ2n) is 10.5. The fraction of sp³-hybridized carbons (Fsp3) is 0.440. The maximum Gasteiger partial charge on any atom is 0.435 e. The van der Waals surface area contributed by atoms with Gasteiger partial charge in [0, 0.05) is 30.8 Å². The molecule has 1 atom stereocenters. The van der Waals surface area contributed by atoms with Crippen LogP contribution in [0.5, 0.6) is 0 Å². The first kappa shape index (κ1) is 32.5. The molecule has 1 amide bonds. The van der Waals surface area contributed by atoms with Crippen molar-refractivity contribution in [1.82, 2.24) is 4.90 Å². The molecule has 0 saturated carbocycles. The highest BCUT2D eigenvalue weighted by Crippen LogP contribution is 2.50. The molecule has 0 N–H and O–H groups in total. The number of ether oxygens (including phenoxy) is 1. The Hall–Kier alpha value is -2.46. The maximum absolute atomic E-state index is 14.3. The summed E-state index contributed by atoms with van der Waals surface area (Å²) >= 11 is 11.5. The third-order valence-electron chi connectivity index (χ3n) is 6.70. The first-order chi connectivity index (χ1) is 19.1. The molecule has 9 nitrogen and oxygen atoms in total. The van der Waals surface area contributed by atoms with Crippen molar-refractivity contribution in [2.45, 2.75) is 30.4 Å². The lowest BCUT2D eigenvalue weighted by Gasteiger charge is -2.47. The second kappa shape index (κ2) is 10.9. The van der Waals surface area contributed by atoms with Crippen LogP contribution in [0.4, 0.5) is 17.6 Å². The molecule has 2 aromatic carbocycles. The topological polar surface area (TPSA) is 119 Å². The molecular weight excluding hydrogens is 651 g/mol. The highest BCUT2D eigenvalue weighted by atomic mass is 35.5. The van der Waals surface area contributed by atoms with Gasteiger partial charge in [0.25, 0.3) is 5.60 Å². The van der Waals surface area contributed by atoms with Crippen LogP contribution in [-0.2, 0) is 51.9 Å². The van der Waals surface area contributed by atoms with Crippen LogP contribution in [0.15, 0.2) is 35.5 Å². The molecular formula is C25H24Cl2F4N2O7S2. The van der Waals surface area contributed by atoms with Gasteiger partial charge in [-0.2, -0.15) is 13.2 Å². The van der Waals surface area contributed by atoms with Crippen molar-refractivity contribution in [3.8, 4) is 0 Å². The van der Waals surface area contributed by atoms with Crippen LogP contribution >= 0.6 is 23.2 Å². The van der Waals surface area contributed by atoms with Gasteiger partial charge in [-0.25, -0.2) is 21.2 Å². The highest BCUT2D eigenvalue weighted by Gasteiger charge is 2.62. The lowest BCUT2D eigenvalue weighted by atomic mass is 9.83. The number of oxime groups is 1. The molecule has 3 heterocycles. The van der Waals surface area contributed by atoms with Gasteiger partial charge in [0.15, 0.2) is 15.7 Å². The minimum atomic E-state index is -4.93. The molecule has 0 bridgehead atoms. The summed E-state index contributed by atoms with van der Waals surface area (Å²) in [5.74, 6) is -2.16. The monoisotopic (exact) mass is 674 g/mol. The Labute approximate surface area is 249 Å². The molecule has 1 spiro atoms. The molecule has 17 heteroatoms. The number of benzene rings is 2. The molecule has 0 radical (unpaired) electrons. The third-order valence-corrected chi connectivity index (χ3v) is 8.02. The summed E-state index contributed by atoms with van der Waals surface area (Å²) in [5.41, 5.74) is -2.34. The Balaban J connectivity index is 0.000000748. The summed E-state index contributed by atoms with van der Waals surface area (Å²) in [6.07, 6.45) is -2.33. The van der Waals surface area contributed by atoms with Gasteiger partial charge in [0.2, 0.25) is 5.91 Å². The molecule has 0 aromatic heterocycles. The van der Waals surface area contributed by atoms with Crippen LogP contribution in [0.25, 0.3) is 0 Å². The molecule has 0 aliphatic carbocycles. The standard InChI is InChI=1S/C23H18Cl2F4N2O5S.C2H6O2S/c1-37(33,34)9-19(32)31-10-21(11-31)15-3-2-12(4-13(15)8-35-21)18-7-22(36-30-18,23(27,28)29)14-5-16(24)20(26)17(25)6-14;1-5(2,3)4/h2-6H,7-11H2,1H3;1-2H3. The molecule has 1 unspecified atom stereocenters. The van der Waals surface area contributed by atoms with Gasteiger partial charge in [-0.05, 0) is 34.9 Å². The first-order valence-electron chi connectivity index (χ1n) is 12.0. The zero-order valence-electron chi connectivity index (χ0n) is 22.3. The van der Waals surface area contributed by atoms with Crippen molar-refractivity contribution < 1.29 is 48.8 Å². The number of alkyl halides is 3. The van der Waals surface area contributed by atoms with E-state index in [-0.39, 0.29) is 25.4 Å². The third kappa shape index (κ3) is 6.54. The predicted octanol–water partition coefficient (Wildman–Crippen LogP) is 3.99. The van der Waals surface area contributed by atoms with Crippen LogP contribution in [0.1, 0.15) is 28.7 Å². The summed E-state index contributed by atoms with van der Waals surface area (Å²) < 4.78 is 105. The van der Waals surface area contributed by atoms with Crippen LogP contribution in [0, 0.1) is 5.82 Å². The zero-order chi connectivity index (χ0) is 31.5. The number of likely N-dealkylation sites (tertiary alicyclic amines) is 1. The molecule has 1 fully saturated rings. The zero-order valence-corrected chi connectivity index (χ0v) is 25.4. The Kier molecular flexibility index (Phi) is 8.43. The summed E-state index contributed by atoms with van der Waals surface area (Å²) in [5, 5.41) is 2.56. The number of carbonyl (C=O) groups excluding carboxylic acids is 1. The van der Waals surface area contributed by atoms with Gasteiger partial charge < -0.3 is 14.5 Å². The van der Waals surface area contributed by atoms with Gasteiger partial charge in [-0.3, -0.25) is 4.79 Å². The minimum absolute atomic E-state index is 0.0104. The molecule has 42 heavy (non-hydrogen) atoms. The van der Waals surface area contributed by atoms with Crippen LogP contribution in [0.3, 0.4) is 0 Å². The van der Waals surface area contributed by atoms with E-state index in [0.29, 0.717) is 11.1 Å². The van der Waals surface area contributed by atoms with Gasteiger partial charge in [0.1, 0.15) is 21.2 Å². The van der Waals surface area contributed by atoms with E-state index in [1.54, 1.807) is 18.2 Å². The summed E-state index contributed by atoms with van der Waals surface area (Å²) in [6, 6.07) is 6.56. The number of hydrogen-bond donors (Lipinski definition) is 0. The van der Waals surface area contributed by atoms with E-state index < -0.39 is 76.6 Å². The lowest BCUT2D eigenvalue weighted by Crippen LogP contribution is -2.62. The minimum Gasteiger partial charge on any atom is -0.374 e. The predicted molar refractivity (Wildman–Crippen MR) is 146 cm³/mol. The average molecular weight is 676 g/mol. The number of amides is 1. The number of sulfone groups is 2. The SMILES string of the molecule is CS(=O)(=O)CC(=O)N1CC2(C1)OCc1cc(C3=NOC(c4cc(Cl)c(F)c(Cl)c4)(C(F)(F)F)C3)ccc12.CS(C)(=O)=O. The fourth-order valence-corrected chi connectivity index (χ4v) is 5.92. The van der Waals surface area contributed by atoms with Gasteiger partial charge >= 0.3 is 6.18 Å². The molecule has 1 saturated heterocycles. The average Bonchev–Trinajstić information content (AvgIpc) is 3.42.